The van der Waals surface area contributed by atoms with E-state index in [-0.39, 0.29) is 51.4 Å². The van der Waals surface area contributed by atoms with Crippen LogP contribution in [0.15, 0.2) is 60.9 Å². The van der Waals surface area contributed by atoms with E-state index in [0.717, 1.165) is 16.7 Å². The van der Waals surface area contributed by atoms with Gasteiger partial charge in [0.05, 0.1) is 11.0 Å². The first-order valence-corrected chi connectivity index (χ1v) is 4.93. The Labute approximate surface area is 137 Å². The van der Waals surface area contributed by atoms with E-state index in [4.69, 9.17) is 0 Å². The summed E-state index contributed by atoms with van der Waals surface area (Å²) in [7, 11) is 0. The number of hydrogen-bond acceptors (Lipinski definition) is 1. The summed E-state index contributed by atoms with van der Waals surface area (Å²) in [5, 5.41) is 0. The van der Waals surface area contributed by atoms with Crippen molar-refractivity contribution in [1.82, 2.24) is 9.55 Å². The summed E-state index contributed by atoms with van der Waals surface area (Å²) in [4.78, 5) is 4.36. The SMILES string of the molecule is [KH].c1ccc(-n2cnc3ccccc32)cc1. The van der Waals surface area contributed by atoms with Crippen LogP contribution < -0.4 is 0 Å². The molecule has 0 radical (unpaired) electrons. The molecule has 0 amide bonds. The average Bonchev–Trinajstić information content (AvgIpc) is 2.74. The van der Waals surface area contributed by atoms with Gasteiger partial charge in [-0.15, -0.1) is 0 Å². The molecule has 16 heavy (non-hydrogen) atoms. The molecule has 0 fully saturated rings. The molecule has 0 aliphatic carbocycles. The molecule has 0 unspecified atom stereocenters. The summed E-state index contributed by atoms with van der Waals surface area (Å²) in [5.74, 6) is 0. The maximum absolute atomic E-state index is 4.36. The zero-order chi connectivity index (χ0) is 10.1. The summed E-state index contributed by atoms with van der Waals surface area (Å²) >= 11 is 0. The number of imidazole rings is 1. The Morgan fingerprint density at radius 1 is 0.812 bits per heavy atom. The van der Waals surface area contributed by atoms with Gasteiger partial charge in [-0.25, -0.2) is 4.98 Å². The van der Waals surface area contributed by atoms with Crippen LogP contribution in [0.5, 0.6) is 0 Å². The van der Waals surface area contributed by atoms with E-state index in [1.165, 1.54) is 0 Å². The molecule has 3 rings (SSSR count). The normalized spacial score (nSPS) is 10.0. The second kappa shape index (κ2) is 5.25. The summed E-state index contributed by atoms with van der Waals surface area (Å²) in [6, 6.07) is 18.4. The predicted molar refractivity (Wildman–Crippen MR) is 68.2 cm³/mol. The van der Waals surface area contributed by atoms with E-state index in [0.29, 0.717) is 0 Å². The summed E-state index contributed by atoms with van der Waals surface area (Å²) in [5.41, 5.74) is 3.32. The molecule has 1 aromatic heterocycles. The van der Waals surface area contributed by atoms with Crippen molar-refractivity contribution in [3.63, 3.8) is 0 Å². The molecule has 3 aromatic rings. The topological polar surface area (TPSA) is 17.8 Å². The van der Waals surface area contributed by atoms with Crippen molar-refractivity contribution in [2.24, 2.45) is 0 Å². The molecule has 1 heterocycles. The van der Waals surface area contributed by atoms with E-state index in [9.17, 15) is 0 Å². The van der Waals surface area contributed by atoms with E-state index in [1.807, 2.05) is 42.7 Å². The van der Waals surface area contributed by atoms with Crippen molar-refractivity contribution >= 4 is 62.4 Å². The molecule has 2 nitrogen and oxygen atoms in total. The summed E-state index contributed by atoms with van der Waals surface area (Å²) in [6.07, 6.45) is 1.86. The monoisotopic (exact) mass is 234 g/mol. The standard InChI is InChI=1S/C13H10N2.K.H/c1-2-6-11(7-3-1)15-10-14-12-8-4-5-9-13(12)15;;/h1-10H;;. The largest absolute Gasteiger partial charge is 0.299 e. The maximum Gasteiger partial charge on any atom is 0.100 e. The minimum absolute atomic E-state index is 0. The van der Waals surface area contributed by atoms with Gasteiger partial charge in [0.2, 0.25) is 0 Å². The van der Waals surface area contributed by atoms with Gasteiger partial charge < -0.3 is 0 Å². The zero-order valence-corrected chi connectivity index (χ0v) is 8.17. The van der Waals surface area contributed by atoms with Crippen molar-refractivity contribution in [3.8, 4) is 5.69 Å². The fourth-order valence-corrected chi connectivity index (χ4v) is 1.75. The van der Waals surface area contributed by atoms with E-state index in [2.05, 4.69) is 27.8 Å². The quantitative estimate of drug-likeness (QED) is 0.591. The zero-order valence-electron chi connectivity index (χ0n) is 8.17. The van der Waals surface area contributed by atoms with Crippen LogP contribution in [0.2, 0.25) is 0 Å². The number of benzene rings is 2. The molecule has 0 saturated heterocycles. The Morgan fingerprint density at radius 2 is 1.50 bits per heavy atom. The Balaban J connectivity index is 0.000000963. The van der Waals surface area contributed by atoms with Gasteiger partial charge >= 0.3 is 51.4 Å². The Kier molecular flexibility index (Phi) is 3.94. The second-order valence-electron chi connectivity index (χ2n) is 3.44. The van der Waals surface area contributed by atoms with Crippen LogP contribution >= 0.6 is 0 Å². The molecule has 3 heteroatoms. The third-order valence-electron chi connectivity index (χ3n) is 2.49. The maximum atomic E-state index is 4.36. The van der Waals surface area contributed by atoms with Crippen molar-refractivity contribution in [2.75, 3.05) is 0 Å². The van der Waals surface area contributed by atoms with E-state index in [1.54, 1.807) is 0 Å². The van der Waals surface area contributed by atoms with Crippen LogP contribution in [0, 0.1) is 0 Å². The number of hydrogen-bond donors (Lipinski definition) is 0. The van der Waals surface area contributed by atoms with Crippen LogP contribution in [0.4, 0.5) is 0 Å². The van der Waals surface area contributed by atoms with Gasteiger partial charge in [-0.3, -0.25) is 4.57 Å². The fraction of sp³-hybridized carbons (Fsp3) is 0. The third-order valence-corrected chi connectivity index (χ3v) is 2.49. The minimum atomic E-state index is 0. The smallest absolute Gasteiger partial charge is 0.100 e. The van der Waals surface area contributed by atoms with Gasteiger partial charge in [0.15, 0.2) is 0 Å². The molecule has 74 valence electrons. The Hall–Kier alpha value is -0.454. The van der Waals surface area contributed by atoms with Crippen LogP contribution in [0.3, 0.4) is 0 Å². The van der Waals surface area contributed by atoms with Gasteiger partial charge in [0, 0.05) is 5.69 Å². The van der Waals surface area contributed by atoms with Crippen LogP contribution in [-0.4, -0.2) is 60.9 Å². The minimum Gasteiger partial charge on any atom is -0.299 e. The number of nitrogens with zero attached hydrogens (tertiary/aromatic N) is 2. The van der Waals surface area contributed by atoms with Crippen molar-refractivity contribution in [3.05, 3.63) is 60.9 Å². The molecular weight excluding hydrogens is 223 g/mol. The molecule has 0 saturated carbocycles. The molecule has 0 N–H and O–H groups in total. The summed E-state index contributed by atoms with van der Waals surface area (Å²) in [6.45, 7) is 0. The van der Waals surface area contributed by atoms with Crippen molar-refractivity contribution in [2.45, 2.75) is 0 Å². The first-order valence-electron chi connectivity index (χ1n) is 4.93. The number of para-hydroxylation sites is 3. The third kappa shape index (κ3) is 2.14. The van der Waals surface area contributed by atoms with Crippen LogP contribution in [0.1, 0.15) is 0 Å². The van der Waals surface area contributed by atoms with Gasteiger partial charge in [-0.2, -0.15) is 0 Å². The van der Waals surface area contributed by atoms with Gasteiger partial charge in [-0.05, 0) is 24.3 Å². The second-order valence-corrected chi connectivity index (χ2v) is 3.44. The number of aromatic nitrogens is 2. The Bertz CT molecular complexity index is 587. The molecular formula is C13H11KN2. The molecule has 0 aliphatic rings. The Morgan fingerprint density at radius 3 is 2.31 bits per heavy atom. The molecule has 2 aromatic carbocycles. The molecule has 0 spiro atoms. The van der Waals surface area contributed by atoms with Crippen LogP contribution in [-0.2, 0) is 0 Å². The average molecular weight is 234 g/mol. The van der Waals surface area contributed by atoms with Crippen molar-refractivity contribution in [1.29, 1.82) is 0 Å². The fourth-order valence-electron chi connectivity index (χ4n) is 1.75. The van der Waals surface area contributed by atoms with E-state index < -0.39 is 0 Å². The molecule has 0 bridgehead atoms. The van der Waals surface area contributed by atoms with Crippen molar-refractivity contribution < 1.29 is 0 Å². The van der Waals surface area contributed by atoms with Gasteiger partial charge in [-0.1, -0.05) is 30.3 Å². The summed E-state index contributed by atoms with van der Waals surface area (Å²) < 4.78 is 2.09. The van der Waals surface area contributed by atoms with Crippen LogP contribution in [0.25, 0.3) is 16.7 Å². The molecule has 0 aliphatic heterocycles. The first kappa shape index (κ1) is 12.0. The van der Waals surface area contributed by atoms with Gasteiger partial charge in [0.25, 0.3) is 0 Å². The van der Waals surface area contributed by atoms with E-state index >= 15 is 0 Å². The number of fused-ring (bicyclic) bond motifs is 1. The first-order chi connectivity index (χ1) is 7.45. The molecule has 0 atom stereocenters. The predicted octanol–water partition coefficient (Wildman–Crippen LogP) is 2.38. The van der Waals surface area contributed by atoms with Gasteiger partial charge in [0.1, 0.15) is 6.33 Å². The number of rotatable bonds is 1.